The van der Waals surface area contributed by atoms with Gasteiger partial charge in [-0.25, -0.2) is 0 Å². The molecule has 1 saturated carbocycles. The smallest absolute Gasteiger partial charge is 0.0420 e. The number of nitrogens with zero attached hydrogens (tertiary/aromatic N) is 1. The van der Waals surface area contributed by atoms with E-state index in [1.807, 2.05) is 13.2 Å². The van der Waals surface area contributed by atoms with E-state index in [4.69, 9.17) is 0 Å². The quantitative estimate of drug-likeness (QED) is 0.909. The number of hydrogen-bond acceptors (Lipinski definition) is 2. The van der Waals surface area contributed by atoms with E-state index >= 15 is 0 Å². The highest BCUT2D eigenvalue weighted by molar-refractivity contribution is 9.10. The first kappa shape index (κ1) is 11.1. The van der Waals surface area contributed by atoms with E-state index in [-0.39, 0.29) is 0 Å². The van der Waals surface area contributed by atoms with Crippen molar-refractivity contribution in [2.24, 2.45) is 5.41 Å². The van der Waals surface area contributed by atoms with Crippen molar-refractivity contribution < 1.29 is 0 Å². The van der Waals surface area contributed by atoms with Gasteiger partial charge in [0, 0.05) is 28.8 Å². The summed E-state index contributed by atoms with van der Waals surface area (Å²) in [6.45, 7) is 2.35. The molecule has 0 saturated heterocycles. The topological polar surface area (TPSA) is 24.9 Å². The van der Waals surface area contributed by atoms with Crippen LogP contribution >= 0.6 is 15.9 Å². The molecule has 1 aromatic heterocycles. The molecule has 1 unspecified atom stereocenters. The fraction of sp³-hybridized carbons (Fsp3) is 0.583. The van der Waals surface area contributed by atoms with Gasteiger partial charge in [-0.2, -0.15) is 0 Å². The largest absolute Gasteiger partial charge is 0.316 e. The van der Waals surface area contributed by atoms with Crippen molar-refractivity contribution in [1.29, 1.82) is 0 Å². The summed E-state index contributed by atoms with van der Waals surface area (Å²) in [5.41, 5.74) is 1.68. The van der Waals surface area contributed by atoms with Gasteiger partial charge in [0.2, 0.25) is 0 Å². The van der Waals surface area contributed by atoms with Crippen LogP contribution in [0.15, 0.2) is 22.8 Å². The average molecular weight is 269 g/mol. The summed E-state index contributed by atoms with van der Waals surface area (Å²) in [6, 6.07) is 4.72. The second-order valence-corrected chi connectivity index (χ2v) is 5.58. The Labute approximate surface area is 99.6 Å². The zero-order chi connectivity index (χ0) is 10.9. The molecule has 0 radical (unpaired) electrons. The molecule has 0 amide bonds. The Morgan fingerprint density at radius 1 is 1.53 bits per heavy atom. The fourth-order valence-corrected chi connectivity index (χ4v) is 2.21. The van der Waals surface area contributed by atoms with Crippen molar-refractivity contribution in [1.82, 2.24) is 10.3 Å². The first-order valence-corrected chi connectivity index (χ1v) is 6.21. The predicted octanol–water partition coefficient (Wildman–Crippen LogP) is 2.77. The number of aromatic nitrogens is 1. The Balaban J connectivity index is 2.03. The van der Waals surface area contributed by atoms with Crippen LogP contribution in [-0.4, -0.2) is 18.1 Å². The molecule has 1 heterocycles. The number of likely N-dealkylation sites (N-methyl/N-ethyl adjacent to an activating group) is 1. The number of rotatable bonds is 4. The first-order chi connectivity index (χ1) is 7.14. The highest BCUT2D eigenvalue weighted by Gasteiger charge is 2.43. The minimum absolute atomic E-state index is 0.503. The van der Waals surface area contributed by atoms with Gasteiger partial charge in [-0.3, -0.25) is 4.98 Å². The molecule has 1 aliphatic carbocycles. The van der Waals surface area contributed by atoms with Crippen LogP contribution in [-0.2, 0) is 6.42 Å². The SMILES string of the molecule is CNC(Cc1ccc(Br)cn1)C1(C)CC1. The number of hydrogen-bond donors (Lipinski definition) is 1. The minimum Gasteiger partial charge on any atom is -0.316 e. The third-order valence-corrected chi connectivity index (χ3v) is 3.90. The van der Waals surface area contributed by atoms with Gasteiger partial charge in [0.05, 0.1) is 0 Å². The molecule has 0 aromatic carbocycles. The third kappa shape index (κ3) is 2.58. The molecule has 0 bridgehead atoms. The van der Waals surface area contributed by atoms with Crippen molar-refractivity contribution in [3.8, 4) is 0 Å². The summed E-state index contributed by atoms with van der Waals surface area (Å²) in [5, 5.41) is 3.42. The first-order valence-electron chi connectivity index (χ1n) is 5.42. The number of nitrogens with one attached hydrogen (secondary N) is 1. The molecule has 82 valence electrons. The Kier molecular flexibility index (Phi) is 3.12. The van der Waals surface area contributed by atoms with Crippen LogP contribution in [0.4, 0.5) is 0 Å². The highest BCUT2D eigenvalue weighted by Crippen LogP contribution is 2.48. The molecule has 0 spiro atoms. The van der Waals surface area contributed by atoms with E-state index < -0.39 is 0 Å². The summed E-state index contributed by atoms with van der Waals surface area (Å²) in [5.74, 6) is 0. The normalized spacial score (nSPS) is 19.9. The molecular formula is C12H17BrN2. The Morgan fingerprint density at radius 3 is 2.73 bits per heavy atom. The van der Waals surface area contributed by atoms with Crippen molar-refractivity contribution in [2.45, 2.75) is 32.2 Å². The molecule has 2 nitrogen and oxygen atoms in total. The van der Waals surface area contributed by atoms with Crippen LogP contribution < -0.4 is 5.32 Å². The molecule has 1 N–H and O–H groups in total. The van der Waals surface area contributed by atoms with Crippen molar-refractivity contribution in [3.05, 3.63) is 28.5 Å². The van der Waals surface area contributed by atoms with Crippen LogP contribution in [0.5, 0.6) is 0 Å². The van der Waals surface area contributed by atoms with Gasteiger partial charge in [-0.05, 0) is 53.4 Å². The highest BCUT2D eigenvalue weighted by atomic mass is 79.9. The second kappa shape index (κ2) is 4.22. The summed E-state index contributed by atoms with van der Waals surface area (Å²) in [7, 11) is 2.05. The van der Waals surface area contributed by atoms with E-state index in [2.05, 4.69) is 45.3 Å². The van der Waals surface area contributed by atoms with Gasteiger partial charge >= 0.3 is 0 Å². The summed E-state index contributed by atoms with van der Waals surface area (Å²) >= 11 is 3.40. The molecule has 0 aliphatic heterocycles. The van der Waals surface area contributed by atoms with E-state index in [1.54, 1.807) is 0 Å². The molecule has 15 heavy (non-hydrogen) atoms. The summed E-state index contributed by atoms with van der Waals surface area (Å²) < 4.78 is 1.05. The zero-order valence-corrected chi connectivity index (χ0v) is 10.8. The second-order valence-electron chi connectivity index (χ2n) is 4.67. The van der Waals surface area contributed by atoms with Crippen LogP contribution in [0, 0.1) is 5.41 Å². The summed E-state index contributed by atoms with van der Waals surface area (Å²) in [6.07, 6.45) is 5.58. The lowest BCUT2D eigenvalue weighted by Crippen LogP contribution is -2.35. The van der Waals surface area contributed by atoms with Gasteiger partial charge in [0.15, 0.2) is 0 Å². The number of pyridine rings is 1. The van der Waals surface area contributed by atoms with E-state index in [0.717, 1.165) is 10.9 Å². The van der Waals surface area contributed by atoms with Crippen molar-refractivity contribution in [3.63, 3.8) is 0 Å². The van der Waals surface area contributed by atoms with Crippen molar-refractivity contribution >= 4 is 15.9 Å². The average Bonchev–Trinajstić information content (AvgIpc) is 2.96. The van der Waals surface area contributed by atoms with Gasteiger partial charge in [0.1, 0.15) is 0 Å². The van der Waals surface area contributed by atoms with E-state index in [9.17, 15) is 0 Å². The van der Waals surface area contributed by atoms with E-state index in [0.29, 0.717) is 11.5 Å². The van der Waals surface area contributed by atoms with E-state index in [1.165, 1.54) is 18.5 Å². The molecule has 1 fully saturated rings. The van der Waals surface area contributed by atoms with Gasteiger partial charge in [-0.15, -0.1) is 0 Å². The summed E-state index contributed by atoms with van der Waals surface area (Å²) in [4.78, 5) is 4.42. The lowest BCUT2D eigenvalue weighted by atomic mass is 9.94. The monoisotopic (exact) mass is 268 g/mol. The van der Waals surface area contributed by atoms with Gasteiger partial charge in [-0.1, -0.05) is 6.92 Å². The van der Waals surface area contributed by atoms with Crippen LogP contribution in [0.1, 0.15) is 25.5 Å². The number of halogens is 1. The maximum atomic E-state index is 4.42. The van der Waals surface area contributed by atoms with Crippen LogP contribution in [0.3, 0.4) is 0 Å². The fourth-order valence-electron chi connectivity index (χ4n) is 1.98. The molecule has 1 aliphatic rings. The minimum atomic E-state index is 0.503. The molecule has 1 atom stereocenters. The van der Waals surface area contributed by atoms with Crippen LogP contribution in [0.25, 0.3) is 0 Å². The van der Waals surface area contributed by atoms with Crippen LogP contribution in [0.2, 0.25) is 0 Å². The van der Waals surface area contributed by atoms with Gasteiger partial charge < -0.3 is 5.32 Å². The Morgan fingerprint density at radius 2 is 2.27 bits per heavy atom. The molecule has 3 heteroatoms. The van der Waals surface area contributed by atoms with Crippen molar-refractivity contribution in [2.75, 3.05) is 7.05 Å². The molecule has 2 rings (SSSR count). The standard InChI is InChI=1S/C12H17BrN2/c1-12(5-6-12)11(14-2)7-10-4-3-9(13)8-15-10/h3-4,8,11,14H,5-7H2,1-2H3. The lowest BCUT2D eigenvalue weighted by molar-refractivity contribution is 0.373. The Bertz CT molecular complexity index is 330. The zero-order valence-electron chi connectivity index (χ0n) is 9.26. The third-order valence-electron chi connectivity index (χ3n) is 3.43. The Hall–Kier alpha value is -0.410. The lowest BCUT2D eigenvalue weighted by Gasteiger charge is -2.22. The molecular weight excluding hydrogens is 252 g/mol. The predicted molar refractivity (Wildman–Crippen MR) is 65.8 cm³/mol. The van der Waals surface area contributed by atoms with Gasteiger partial charge in [0.25, 0.3) is 0 Å². The maximum Gasteiger partial charge on any atom is 0.0420 e. The maximum absolute atomic E-state index is 4.42. The molecule has 1 aromatic rings.